The predicted molar refractivity (Wildman–Crippen MR) is 74.5 cm³/mol. The van der Waals surface area contributed by atoms with Crippen LogP contribution in [0.3, 0.4) is 0 Å². The summed E-state index contributed by atoms with van der Waals surface area (Å²) in [5.41, 5.74) is 3.78. The summed E-state index contributed by atoms with van der Waals surface area (Å²) < 4.78 is 0. The highest BCUT2D eigenvalue weighted by atomic mass is 16.4. The Bertz CT molecular complexity index is 726. The lowest BCUT2D eigenvalue weighted by atomic mass is 10.0. The molecule has 3 nitrogen and oxygen atoms in total. The van der Waals surface area contributed by atoms with E-state index in [9.17, 15) is 4.79 Å². The van der Waals surface area contributed by atoms with Crippen LogP contribution in [0.4, 0.5) is 0 Å². The van der Waals surface area contributed by atoms with Crippen LogP contribution in [-0.2, 0) is 6.42 Å². The van der Waals surface area contributed by atoms with E-state index in [1.165, 1.54) is 10.9 Å². The summed E-state index contributed by atoms with van der Waals surface area (Å²) in [5, 5.41) is 10.1. The molecule has 0 unspecified atom stereocenters. The first-order valence-electron chi connectivity index (χ1n) is 6.10. The van der Waals surface area contributed by atoms with Crippen molar-refractivity contribution in [1.82, 2.24) is 4.98 Å². The van der Waals surface area contributed by atoms with Crippen LogP contribution >= 0.6 is 0 Å². The van der Waals surface area contributed by atoms with Crippen molar-refractivity contribution in [3.05, 3.63) is 71.4 Å². The van der Waals surface area contributed by atoms with Crippen LogP contribution in [0.1, 0.15) is 21.5 Å². The summed E-state index contributed by atoms with van der Waals surface area (Å²) in [7, 11) is 0. The molecule has 0 spiro atoms. The molecule has 1 aromatic heterocycles. The SMILES string of the molecule is O=C(O)c1ccc(Cc2ccc3[nH]ccc3c2)cc1. The van der Waals surface area contributed by atoms with Crippen molar-refractivity contribution in [2.45, 2.75) is 6.42 Å². The molecule has 0 atom stereocenters. The first-order valence-corrected chi connectivity index (χ1v) is 6.10. The van der Waals surface area contributed by atoms with Gasteiger partial charge in [0.25, 0.3) is 0 Å². The second kappa shape index (κ2) is 4.61. The van der Waals surface area contributed by atoms with Crippen molar-refractivity contribution < 1.29 is 9.90 Å². The number of aromatic carboxylic acids is 1. The van der Waals surface area contributed by atoms with Crippen LogP contribution in [-0.4, -0.2) is 16.1 Å². The van der Waals surface area contributed by atoms with Crippen molar-refractivity contribution in [2.24, 2.45) is 0 Å². The molecule has 0 saturated carbocycles. The minimum absolute atomic E-state index is 0.324. The zero-order valence-electron chi connectivity index (χ0n) is 10.3. The molecule has 0 aliphatic carbocycles. The average Bonchev–Trinajstić information content (AvgIpc) is 2.87. The van der Waals surface area contributed by atoms with E-state index in [0.717, 1.165) is 17.5 Å². The van der Waals surface area contributed by atoms with Crippen LogP contribution < -0.4 is 0 Å². The molecule has 0 aliphatic heterocycles. The third-order valence-electron chi connectivity index (χ3n) is 3.23. The third-order valence-corrected chi connectivity index (χ3v) is 3.23. The number of fused-ring (bicyclic) bond motifs is 1. The molecule has 0 radical (unpaired) electrons. The lowest BCUT2D eigenvalue weighted by molar-refractivity contribution is 0.0697. The highest BCUT2D eigenvalue weighted by Crippen LogP contribution is 2.17. The van der Waals surface area contributed by atoms with Crippen molar-refractivity contribution in [3.8, 4) is 0 Å². The average molecular weight is 251 g/mol. The quantitative estimate of drug-likeness (QED) is 0.749. The number of hydrogen-bond donors (Lipinski definition) is 2. The third kappa shape index (κ3) is 2.36. The van der Waals surface area contributed by atoms with Gasteiger partial charge in [-0.1, -0.05) is 18.2 Å². The van der Waals surface area contributed by atoms with Gasteiger partial charge in [0.15, 0.2) is 0 Å². The second-order valence-corrected chi connectivity index (χ2v) is 4.58. The molecule has 0 aliphatic rings. The molecule has 3 aromatic rings. The van der Waals surface area contributed by atoms with Gasteiger partial charge in [-0.25, -0.2) is 4.79 Å². The fourth-order valence-electron chi connectivity index (χ4n) is 2.21. The number of aromatic amines is 1. The minimum Gasteiger partial charge on any atom is -0.478 e. The van der Waals surface area contributed by atoms with Crippen molar-refractivity contribution >= 4 is 16.9 Å². The molecule has 94 valence electrons. The predicted octanol–water partition coefficient (Wildman–Crippen LogP) is 3.46. The molecule has 0 amide bonds. The number of hydrogen-bond acceptors (Lipinski definition) is 1. The summed E-state index contributed by atoms with van der Waals surface area (Å²) in [6, 6.07) is 15.4. The van der Waals surface area contributed by atoms with E-state index >= 15 is 0 Å². The Morgan fingerprint density at radius 3 is 2.47 bits per heavy atom. The van der Waals surface area contributed by atoms with Gasteiger partial charge < -0.3 is 10.1 Å². The minimum atomic E-state index is -0.889. The number of rotatable bonds is 3. The molecular formula is C16H13NO2. The summed E-state index contributed by atoms with van der Waals surface area (Å²) in [6.45, 7) is 0. The fraction of sp³-hybridized carbons (Fsp3) is 0.0625. The molecule has 2 N–H and O–H groups in total. The number of carboxylic acids is 1. The molecule has 1 heterocycles. The molecule has 3 rings (SSSR count). The molecule has 0 bridgehead atoms. The lowest BCUT2D eigenvalue weighted by Crippen LogP contribution is -1.96. The van der Waals surface area contributed by atoms with Gasteiger partial charge in [-0.3, -0.25) is 0 Å². The van der Waals surface area contributed by atoms with Crippen LogP contribution in [0.25, 0.3) is 10.9 Å². The zero-order valence-corrected chi connectivity index (χ0v) is 10.3. The van der Waals surface area contributed by atoms with Gasteiger partial charge in [-0.05, 0) is 53.3 Å². The molecule has 3 heteroatoms. The number of carbonyl (C=O) groups is 1. The Hall–Kier alpha value is -2.55. The van der Waals surface area contributed by atoms with Crippen molar-refractivity contribution in [1.29, 1.82) is 0 Å². The van der Waals surface area contributed by atoms with E-state index in [4.69, 9.17) is 5.11 Å². The van der Waals surface area contributed by atoms with Gasteiger partial charge >= 0.3 is 5.97 Å². The highest BCUT2D eigenvalue weighted by Gasteiger charge is 2.03. The second-order valence-electron chi connectivity index (χ2n) is 4.58. The van der Waals surface area contributed by atoms with Crippen LogP contribution in [0.2, 0.25) is 0 Å². The summed E-state index contributed by atoms with van der Waals surface area (Å²) in [6.07, 6.45) is 2.73. The van der Waals surface area contributed by atoms with Gasteiger partial charge in [0.1, 0.15) is 0 Å². The monoisotopic (exact) mass is 251 g/mol. The fourth-order valence-corrected chi connectivity index (χ4v) is 2.21. The molecule has 2 aromatic carbocycles. The Morgan fingerprint density at radius 1 is 1.00 bits per heavy atom. The van der Waals surface area contributed by atoms with Gasteiger partial charge in [0.2, 0.25) is 0 Å². The van der Waals surface area contributed by atoms with Crippen LogP contribution in [0.15, 0.2) is 54.7 Å². The molecule has 19 heavy (non-hydrogen) atoms. The van der Waals surface area contributed by atoms with Crippen molar-refractivity contribution in [2.75, 3.05) is 0 Å². The maximum Gasteiger partial charge on any atom is 0.335 e. The largest absolute Gasteiger partial charge is 0.478 e. The van der Waals surface area contributed by atoms with Gasteiger partial charge in [-0.15, -0.1) is 0 Å². The lowest BCUT2D eigenvalue weighted by Gasteiger charge is -2.03. The van der Waals surface area contributed by atoms with Gasteiger partial charge in [0, 0.05) is 11.7 Å². The van der Waals surface area contributed by atoms with E-state index in [-0.39, 0.29) is 0 Å². The number of carboxylic acid groups (broad SMARTS) is 1. The Labute approximate surface area is 110 Å². The Morgan fingerprint density at radius 2 is 1.74 bits per heavy atom. The summed E-state index contributed by atoms with van der Waals surface area (Å²) >= 11 is 0. The Balaban J connectivity index is 1.85. The topological polar surface area (TPSA) is 53.1 Å². The number of nitrogens with one attached hydrogen (secondary N) is 1. The number of H-pyrrole nitrogens is 1. The van der Waals surface area contributed by atoms with E-state index in [1.807, 2.05) is 24.4 Å². The maximum atomic E-state index is 10.8. The standard InChI is InChI=1S/C16H13NO2/c18-16(19)13-4-1-11(2-5-13)9-12-3-6-15-14(10-12)7-8-17-15/h1-8,10,17H,9H2,(H,18,19). The number of aromatic nitrogens is 1. The van der Waals surface area contributed by atoms with Crippen molar-refractivity contribution in [3.63, 3.8) is 0 Å². The van der Waals surface area contributed by atoms with E-state index in [1.54, 1.807) is 12.1 Å². The molecular weight excluding hydrogens is 238 g/mol. The first-order chi connectivity index (χ1) is 9.22. The summed E-state index contributed by atoms with van der Waals surface area (Å²) in [4.78, 5) is 13.9. The van der Waals surface area contributed by atoms with Gasteiger partial charge in [0.05, 0.1) is 5.56 Å². The highest BCUT2D eigenvalue weighted by molar-refractivity contribution is 5.87. The maximum absolute atomic E-state index is 10.8. The molecule has 0 saturated heterocycles. The van der Waals surface area contributed by atoms with E-state index in [0.29, 0.717) is 5.56 Å². The van der Waals surface area contributed by atoms with Crippen LogP contribution in [0, 0.1) is 0 Å². The van der Waals surface area contributed by atoms with Crippen LogP contribution in [0.5, 0.6) is 0 Å². The zero-order chi connectivity index (χ0) is 13.2. The first kappa shape index (κ1) is 11.5. The van der Waals surface area contributed by atoms with Gasteiger partial charge in [-0.2, -0.15) is 0 Å². The summed E-state index contributed by atoms with van der Waals surface area (Å²) in [5.74, 6) is -0.889. The Kier molecular flexibility index (Phi) is 2.80. The smallest absolute Gasteiger partial charge is 0.335 e. The van der Waals surface area contributed by atoms with E-state index in [2.05, 4.69) is 23.2 Å². The van der Waals surface area contributed by atoms with E-state index < -0.39 is 5.97 Å². The number of benzene rings is 2. The normalized spacial score (nSPS) is 10.7. The molecule has 0 fully saturated rings.